The summed E-state index contributed by atoms with van der Waals surface area (Å²) in [4.78, 5) is 15.3. The first-order valence-corrected chi connectivity index (χ1v) is 9.23. The van der Waals surface area contributed by atoms with Crippen LogP contribution in [-0.2, 0) is 9.53 Å². The van der Waals surface area contributed by atoms with Crippen molar-refractivity contribution in [3.05, 3.63) is 35.9 Å². The number of ether oxygens (including phenoxy) is 1. The lowest BCUT2D eigenvalue weighted by Gasteiger charge is -2.60. The van der Waals surface area contributed by atoms with Gasteiger partial charge in [-0.3, -0.25) is 4.79 Å². The molecule has 1 spiro atoms. The van der Waals surface area contributed by atoms with E-state index < -0.39 is 0 Å². The lowest BCUT2D eigenvalue weighted by Crippen LogP contribution is -2.62. The van der Waals surface area contributed by atoms with E-state index in [-0.39, 0.29) is 5.92 Å². The fourth-order valence-electron chi connectivity index (χ4n) is 4.98. The lowest BCUT2D eigenvalue weighted by molar-refractivity contribution is -0.167. The van der Waals surface area contributed by atoms with Gasteiger partial charge in [-0.2, -0.15) is 0 Å². The maximum absolute atomic E-state index is 13.1. The fraction of sp³-hybridized carbons (Fsp3) is 0.650. The Hall–Kier alpha value is -1.35. The molecule has 3 heteroatoms. The molecule has 1 aromatic rings. The molecule has 1 amide bonds. The summed E-state index contributed by atoms with van der Waals surface area (Å²) < 4.78 is 5.43. The van der Waals surface area contributed by atoms with Crippen molar-refractivity contribution in [1.82, 2.24) is 4.90 Å². The Morgan fingerprint density at radius 2 is 1.74 bits per heavy atom. The van der Waals surface area contributed by atoms with Crippen LogP contribution in [0.3, 0.4) is 0 Å². The summed E-state index contributed by atoms with van der Waals surface area (Å²) >= 11 is 0. The third-order valence-electron chi connectivity index (χ3n) is 6.20. The maximum atomic E-state index is 13.1. The topological polar surface area (TPSA) is 29.5 Å². The van der Waals surface area contributed by atoms with Crippen LogP contribution in [0.4, 0.5) is 0 Å². The van der Waals surface area contributed by atoms with E-state index in [0.717, 1.165) is 32.6 Å². The summed E-state index contributed by atoms with van der Waals surface area (Å²) in [6.07, 6.45) is 8.35. The van der Waals surface area contributed by atoms with Gasteiger partial charge in [0.2, 0.25) is 5.91 Å². The molecule has 0 aromatic heterocycles. The third kappa shape index (κ3) is 2.69. The van der Waals surface area contributed by atoms with Gasteiger partial charge in [0, 0.05) is 31.1 Å². The van der Waals surface area contributed by atoms with E-state index in [1.807, 2.05) is 0 Å². The molecule has 2 saturated heterocycles. The van der Waals surface area contributed by atoms with Gasteiger partial charge in [-0.25, -0.2) is 0 Å². The van der Waals surface area contributed by atoms with Crippen LogP contribution in [0, 0.1) is 11.3 Å². The van der Waals surface area contributed by atoms with E-state index in [0.29, 0.717) is 17.4 Å². The first kappa shape index (κ1) is 15.2. The van der Waals surface area contributed by atoms with Crippen molar-refractivity contribution in [2.24, 2.45) is 11.3 Å². The average Bonchev–Trinajstić information content (AvgIpc) is 2.62. The number of likely N-dealkylation sites (tertiary alicyclic amines) is 1. The number of benzene rings is 1. The molecule has 2 heterocycles. The van der Waals surface area contributed by atoms with E-state index in [4.69, 9.17) is 4.74 Å². The number of hydrogen-bond acceptors (Lipinski definition) is 2. The van der Waals surface area contributed by atoms with Crippen molar-refractivity contribution in [2.45, 2.75) is 51.0 Å². The number of hydrogen-bond donors (Lipinski definition) is 0. The highest BCUT2D eigenvalue weighted by atomic mass is 16.5. The van der Waals surface area contributed by atoms with Gasteiger partial charge < -0.3 is 9.64 Å². The SMILES string of the molecule is O=C(C1CCOCC1)N1CC2(CCCCC2)[C@H]1c1ccccc1. The van der Waals surface area contributed by atoms with Gasteiger partial charge in [-0.15, -0.1) is 0 Å². The molecule has 3 nitrogen and oxygen atoms in total. The standard InChI is InChI=1S/C20H27NO2/c22-19(17-9-13-23-14-10-17)21-15-20(11-5-2-6-12-20)18(21)16-7-3-1-4-8-16/h1,3-4,7-8,17-18H,2,5-6,9-15H2/t18-/m1/s1. The van der Waals surface area contributed by atoms with E-state index in [1.165, 1.54) is 37.7 Å². The van der Waals surface area contributed by atoms with Crippen LogP contribution < -0.4 is 0 Å². The largest absolute Gasteiger partial charge is 0.381 e. The maximum Gasteiger partial charge on any atom is 0.226 e. The van der Waals surface area contributed by atoms with Gasteiger partial charge in [-0.05, 0) is 31.2 Å². The van der Waals surface area contributed by atoms with E-state index in [9.17, 15) is 4.79 Å². The highest BCUT2D eigenvalue weighted by Gasteiger charge is 2.55. The van der Waals surface area contributed by atoms with Crippen LogP contribution in [0.15, 0.2) is 30.3 Å². The Morgan fingerprint density at radius 1 is 1.04 bits per heavy atom. The van der Waals surface area contributed by atoms with Crippen LogP contribution in [-0.4, -0.2) is 30.6 Å². The van der Waals surface area contributed by atoms with E-state index in [2.05, 4.69) is 35.2 Å². The van der Waals surface area contributed by atoms with Crippen LogP contribution in [0.25, 0.3) is 0 Å². The summed E-state index contributed by atoms with van der Waals surface area (Å²) in [5.41, 5.74) is 1.68. The minimum absolute atomic E-state index is 0.177. The molecular weight excluding hydrogens is 286 g/mol. The van der Waals surface area contributed by atoms with Crippen molar-refractivity contribution in [3.8, 4) is 0 Å². The fourth-order valence-corrected chi connectivity index (χ4v) is 4.98. The molecule has 0 radical (unpaired) electrons. The molecule has 3 aliphatic rings. The minimum atomic E-state index is 0.177. The normalized spacial score (nSPS) is 27.7. The summed E-state index contributed by atoms with van der Waals surface area (Å²) in [5, 5.41) is 0. The highest BCUT2D eigenvalue weighted by Crippen LogP contribution is 2.57. The molecule has 1 saturated carbocycles. The molecule has 124 valence electrons. The lowest BCUT2D eigenvalue weighted by atomic mass is 9.60. The van der Waals surface area contributed by atoms with Gasteiger partial charge in [0.25, 0.3) is 0 Å². The first-order valence-electron chi connectivity index (χ1n) is 9.23. The second kappa shape index (κ2) is 6.27. The monoisotopic (exact) mass is 313 g/mol. The van der Waals surface area contributed by atoms with Gasteiger partial charge in [0.05, 0.1) is 6.04 Å². The Bertz CT molecular complexity index is 544. The minimum Gasteiger partial charge on any atom is -0.381 e. The first-order chi connectivity index (χ1) is 11.3. The number of amides is 1. The molecule has 3 fully saturated rings. The Labute approximate surface area is 139 Å². The van der Waals surface area contributed by atoms with Crippen LogP contribution in [0.2, 0.25) is 0 Å². The predicted octanol–water partition coefficient (Wildman–Crippen LogP) is 3.95. The number of nitrogens with zero attached hydrogens (tertiary/aromatic N) is 1. The van der Waals surface area contributed by atoms with Crippen molar-refractivity contribution in [2.75, 3.05) is 19.8 Å². The van der Waals surface area contributed by atoms with Gasteiger partial charge in [-0.1, -0.05) is 49.6 Å². The van der Waals surface area contributed by atoms with Crippen LogP contribution in [0.5, 0.6) is 0 Å². The molecule has 1 aliphatic carbocycles. The predicted molar refractivity (Wildman–Crippen MR) is 90.0 cm³/mol. The van der Waals surface area contributed by atoms with Crippen molar-refractivity contribution < 1.29 is 9.53 Å². The molecular formula is C20H27NO2. The second-order valence-electron chi connectivity index (χ2n) is 7.59. The Morgan fingerprint density at radius 3 is 2.43 bits per heavy atom. The average molecular weight is 313 g/mol. The van der Waals surface area contributed by atoms with E-state index >= 15 is 0 Å². The molecule has 23 heavy (non-hydrogen) atoms. The number of carbonyl (C=O) groups is 1. The molecule has 1 aromatic carbocycles. The Balaban J connectivity index is 1.58. The zero-order valence-electron chi connectivity index (χ0n) is 13.9. The molecule has 0 N–H and O–H groups in total. The summed E-state index contributed by atoms with van der Waals surface area (Å²) in [6, 6.07) is 11.0. The smallest absolute Gasteiger partial charge is 0.226 e. The van der Waals surface area contributed by atoms with Gasteiger partial charge in [0.15, 0.2) is 0 Å². The van der Waals surface area contributed by atoms with Crippen LogP contribution in [0.1, 0.15) is 56.6 Å². The zero-order chi connectivity index (χ0) is 15.7. The van der Waals surface area contributed by atoms with E-state index in [1.54, 1.807) is 0 Å². The second-order valence-corrected chi connectivity index (χ2v) is 7.59. The molecule has 0 unspecified atom stereocenters. The highest BCUT2D eigenvalue weighted by molar-refractivity contribution is 5.80. The number of rotatable bonds is 2. The van der Waals surface area contributed by atoms with Crippen molar-refractivity contribution in [3.63, 3.8) is 0 Å². The van der Waals surface area contributed by atoms with Gasteiger partial charge >= 0.3 is 0 Å². The molecule has 1 atom stereocenters. The molecule has 2 aliphatic heterocycles. The summed E-state index contributed by atoms with van der Waals surface area (Å²) in [6.45, 7) is 2.46. The third-order valence-corrected chi connectivity index (χ3v) is 6.20. The zero-order valence-corrected chi connectivity index (χ0v) is 13.9. The summed E-state index contributed by atoms with van der Waals surface area (Å²) in [7, 11) is 0. The quantitative estimate of drug-likeness (QED) is 0.827. The summed E-state index contributed by atoms with van der Waals surface area (Å²) in [5.74, 6) is 0.550. The van der Waals surface area contributed by atoms with Gasteiger partial charge in [0.1, 0.15) is 0 Å². The number of carbonyl (C=O) groups excluding carboxylic acids is 1. The molecule has 4 rings (SSSR count). The Kier molecular flexibility index (Phi) is 4.14. The van der Waals surface area contributed by atoms with Crippen LogP contribution >= 0.6 is 0 Å². The van der Waals surface area contributed by atoms with Crippen molar-refractivity contribution >= 4 is 5.91 Å². The van der Waals surface area contributed by atoms with Crippen molar-refractivity contribution in [1.29, 1.82) is 0 Å². The molecule has 0 bridgehead atoms.